The van der Waals surface area contributed by atoms with Gasteiger partial charge in [-0.15, -0.1) is 11.3 Å². The summed E-state index contributed by atoms with van der Waals surface area (Å²) in [7, 11) is 5.61. The summed E-state index contributed by atoms with van der Waals surface area (Å²) in [6.45, 7) is 2.26. The molecule has 1 aliphatic rings. The van der Waals surface area contributed by atoms with E-state index in [0.717, 1.165) is 39.9 Å². The van der Waals surface area contributed by atoms with E-state index in [1.807, 2.05) is 38.2 Å². The van der Waals surface area contributed by atoms with E-state index in [1.165, 1.54) is 41.9 Å². The summed E-state index contributed by atoms with van der Waals surface area (Å²) in [5, 5.41) is 0.874. The van der Waals surface area contributed by atoms with Gasteiger partial charge in [0, 0.05) is 22.0 Å². The molecule has 3 aromatic heterocycles. The number of nitrogens with one attached hydrogen (secondary N) is 1. The van der Waals surface area contributed by atoms with Crippen molar-refractivity contribution in [3.8, 4) is 16.2 Å². The zero-order chi connectivity index (χ0) is 29.7. The van der Waals surface area contributed by atoms with Crippen LogP contribution in [0.5, 0.6) is 5.75 Å². The Morgan fingerprint density at radius 1 is 1.05 bits per heavy atom. The Hall–Kier alpha value is -4.21. The molecule has 6 aromatic rings. The number of piperidine rings is 1. The van der Waals surface area contributed by atoms with Gasteiger partial charge in [-0.1, -0.05) is 36.4 Å². The topological polar surface area (TPSA) is 63.1 Å². The van der Waals surface area contributed by atoms with Crippen LogP contribution in [-0.2, 0) is 5.44 Å². The van der Waals surface area contributed by atoms with Crippen molar-refractivity contribution in [2.45, 2.75) is 24.2 Å². The number of pyridine rings is 1. The van der Waals surface area contributed by atoms with Gasteiger partial charge in [-0.3, -0.25) is 4.79 Å². The molecule has 6 nitrogen and oxygen atoms in total. The zero-order valence-electron chi connectivity index (χ0n) is 24.4. The van der Waals surface area contributed by atoms with Gasteiger partial charge in [-0.25, -0.2) is 9.37 Å². The predicted octanol–water partition coefficient (Wildman–Crippen LogP) is 5.95. The fourth-order valence-electron chi connectivity index (χ4n) is 6.40. The van der Waals surface area contributed by atoms with Gasteiger partial charge in [-0.2, -0.15) is 0 Å². The first-order valence-corrected chi connectivity index (χ1v) is 15.4. The van der Waals surface area contributed by atoms with E-state index in [1.54, 1.807) is 23.9 Å². The fraction of sp³-hybridized carbons (Fsp3) is 0.235. The molecule has 0 bridgehead atoms. The van der Waals surface area contributed by atoms with Crippen LogP contribution in [0.25, 0.3) is 31.6 Å². The van der Waals surface area contributed by atoms with E-state index in [-0.39, 0.29) is 5.56 Å². The summed E-state index contributed by atoms with van der Waals surface area (Å²) < 4.78 is 22.8. The number of rotatable bonds is 6. The van der Waals surface area contributed by atoms with Crippen LogP contribution < -0.4 is 10.3 Å². The summed E-state index contributed by atoms with van der Waals surface area (Å²) in [6, 6.07) is 24.9. The van der Waals surface area contributed by atoms with Crippen molar-refractivity contribution in [1.29, 1.82) is 0 Å². The lowest BCUT2D eigenvalue weighted by atomic mass is 9.70. The first-order valence-electron chi connectivity index (χ1n) is 14.6. The quantitative estimate of drug-likeness (QED) is 0.244. The second-order valence-electron chi connectivity index (χ2n) is 11.6. The Labute approximate surface area is 254 Å². The highest BCUT2D eigenvalue weighted by atomic mass is 32.1. The van der Waals surface area contributed by atoms with Crippen LogP contribution in [0.4, 0.5) is 4.39 Å². The number of aromatic nitrogens is 3. The molecule has 4 heterocycles. The van der Waals surface area contributed by atoms with E-state index < -0.39 is 11.3 Å². The number of fused-ring (bicyclic) bond motifs is 2. The molecule has 1 atom stereocenters. The normalized spacial score (nSPS) is 16.1. The highest BCUT2D eigenvalue weighted by Gasteiger charge is 2.38. The third-order valence-corrected chi connectivity index (χ3v) is 10.2. The number of para-hydroxylation sites is 2. The average molecular weight is 591 g/mol. The molecule has 0 spiro atoms. The van der Waals surface area contributed by atoms with Gasteiger partial charge >= 0.3 is 0 Å². The zero-order valence-corrected chi connectivity index (χ0v) is 25.2. The molecule has 0 amide bonds. The number of hydrogen-bond donors (Lipinski definition) is 1. The van der Waals surface area contributed by atoms with E-state index >= 15 is 0 Å². The van der Waals surface area contributed by atoms with Crippen LogP contribution in [-0.4, -0.2) is 54.5 Å². The highest BCUT2D eigenvalue weighted by Crippen LogP contribution is 2.38. The molecule has 216 valence electrons. The van der Waals surface area contributed by atoms with Gasteiger partial charge in [0.15, 0.2) is 7.85 Å². The van der Waals surface area contributed by atoms with E-state index in [2.05, 4.69) is 47.3 Å². The predicted molar refractivity (Wildman–Crippen MR) is 175 cm³/mol. The molecule has 43 heavy (non-hydrogen) atoms. The molecule has 7 rings (SSSR count). The van der Waals surface area contributed by atoms with E-state index in [9.17, 15) is 9.18 Å². The van der Waals surface area contributed by atoms with Crippen LogP contribution in [0.3, 0.4) is 0 Å². The highest BCUT2D eigenvalue weighted by molar-refractivity contribution is 7.22. The second-order valence-corrected chi connectivity index (χ2v) is 12.7. The molecular formula is C34H32BFN4O2S. The summed E-state index contributed by atoms with van der Waals surface area (Å²) in [6.07, 6.45) is 4.14. The van der Waals surface area contributed by atoms with Crippen LogP contribution in [0.15, 0.2) is 89.9 Å². The maximum absolute atomic E-state index is 14.8. The first kappa shape index (κ1) is 27.6. The minimum absolute atomic E-state index is 0.175. The molecule has 1 saturated heterocycles. The first-order chi connectivity index (χ1) is 20.8. The number of halogens is 1. The van der Waals surface area contributed by atoms with E-state index in [4.69, 9.17) is 9.72 Å². The lowest BCUT2D eigenvalue weighted by Gasteiger charge is -2.32. The number of methoxy groups -OCH3 is 1. The van der Waals surface area contributed by atoms with Gasteiger partial charge in [-0.05, 0) is 92.5 Å². The average Bonchev–Trinajstić information content (AvgIpc) is 3.67. The molecule has 3 aromatic carbocycles. The molecule has 9 heteroatoms. The molecule has 0 saturated carbocycles. The molecule has 0 aliphatic carbocycles. The van der Waals surface area contributed by atoms with Crippen LogP contribution in [0, 0.1) is 5.82 Å². The maximum atomic E-state index is 14.8. The van der Waals surface area contributed by atoms with Crippen molar-refractivity contribution in [2.75, 3.05) is 27.2 Å². The summed E-state index contributed by atoms with van der Waals surface area (Å²) in [5.41, 5.74) is 3.19. The van der Waals surface area contributed by atoms with Crippen molar-refractivity contribution >= 4 is 40.3 Å². The standard InChI is InChI=1S/C34H32BFN4O2S/c1-39-16-13-22(14-17-39)21-7-9-23(10-8-21)30-19-24-15-18-40(32(41)31(24)43-30)34(35,26-20-25(36)11-12-29(26)42-2)33-37-27-5-3-4-6-28(27)38-33/h3-12,15,18-20,22H,13-14,16-17,35H2,1-2H3,(H,37,38). The number of likely N-dealkylation sites (tertiary alicyclic amines) is 1. The van der Waals surface area contributed by atoms with Crippen LogP contribution >= 0.6 is 11.3 Å². The fourth-order valence-corrected chi connectivity index (χ4v) is 7.49. The lowest BCUT2D eigenvalue weighted by Crippen LogP contribution is -2.44. The molecule has 1 unspecified atom stereocenters. The smallest absolute Gasteiger partial charge is 0.269 e. The number of thiophene rings is 1. The molecule has 0 radical (unpaired) electrons. The second kappa shape index (κ2) is 10.8. The molecule has 1 aliphatic heterocycles. The molecule has 1 fully saturated rings. The third-order valence-electron chi connectivity index (χ3n) is 8.98. The Kier molecular flexibility index (Phi) is 6.94. The summed E-state index contributed by atoms with van der Waals surface area (Å²) in [5.74, 6) is 1.15. The van der Waals surface area contributed by atoms with Gasteiger partial charge in [0.1, 0.15) is 22.1 Å². The summed E-state index contributed by atoms with van der Waals surface area (Å²) >= 11 is 1.48. The monoisotopic (exact) mass is 590 g/mol. The van der Waals surface area contributed by atoms with Gasteiger partial charge in [0.05, 0.1) is 23.6 Å². The van der Waals surface area contributed by atoms with Gasteiger partial charge < -0.3 is 19.2 Å². The number of hydrogen-bond acceptors (Lipinski definition) is 5. The van der Waals surface area contributed by atoms with Crippen molar-refractivity contribution in [3.05, 3.63) is 118 Å². The maximum Gasteiger partial charge on any atom is 0.269 e. The SMILES string of the molecule is BC(c1nc2ccccc2[nH]1)(c1cc(F)ccc1OC)n1ccc2cc(-c3ccc(C4CCN(C)CC4)cc3)sc2c1=O. The largest absolute Gasteiger partial charge is 0.496 e. The van der Waals surface area contributed by atoms with Crippen LogP contribution in [0.1, 0.15) is 35.7 Å². The van der Waals surface area contributed by atoms with Gasteiger partial charge in [0.25, 0.3) is 5.56 Å². The summed E-state index contributed by atoms with van der Waals surface area (Å²) in [4.78, 5) is 26.0. The van der Waals surface area contributed by atoms with Crippen molar-refractivity contribution in [2.24, 2.45) is 0 Å². The van der Waals surface area contributed by atoms with Crippen molar-refractivity contribution in [3.63, 3.8) is 0 Å². The van der Waals surface area contributed by atoms with Crippen molar-refractivity contribution < 1.29 is 9.13 Å². The minimum atomic E-state index is -1.20. The van der Waals surface area contributed by atoms with Gasteiger partial charge in [0.2, 0.25) is 0 Å². The Morgan fingerprint density at radius 3 is 2.56 bits per heavy atom. The molecule has 1 N–H and O–H groups in total. The Morgan fingerprint density at radius 2 is 1.81 bits per heavy atom. The van der Waals surface area contributed by atoms with Crippen molar-refractivity contribution in [1.82, 2.24) is 19.4 Å². The number of aromatic amines is 1. The Bertz CT molecular complexity index is 1980. The number of H-pyrrole nitrogens is 1. The number of nitrogens with zero attached hydrogens (tertiary/aromatic N) is 3. The molecular weight excluding hydrogens is 558 g/mol. The number of ether oxygens (including phenoxy) is 1. The lowest BCUT2D eigenvalue weighted by molar-refractivity contribution is 0.255. The third kappa shape index (κ3) is 4.77. The number of benzene rings is 3. The Balaban J connectivity index is 1.34. The van der Waals surface area contributed by atoms with Crippen LogP contribution in [0.2, 0.25) is 0 Å². The van der Waals surface area contributed by atoms with E-state index in [0.29, 0.717) is 27.8 Å². The number of imidazole rings is 1. The minimum Gasteiger partial charge on any atom is -0.496 e.